The van der Waals surface area contributed by atoms with Gasteiger partial charge in [-0.3, -0.25) is 14.4 Å². The minimum absolute atomic E-state index is 0.0431. The molecule has 0 saturated heterocycles. The van der Waals surface area contributed by atoms with Gasteiger partial charge in [0.25, 0.3) is 0 Å². The van der Waals surface area contributed by atoms with E-state index >= 15 is 0 Å². The van der Waals surface area contributed by atoms with Gasteiger partial charge in [0.15, 0.2) is 0 Å². The molecule has 34 heavy (non-hydrogen) atoms. The fourth-order valence-electron chi connectivity index (χ4n) is 3.82. The maximum absolute atomic E-state index is 12.3. The molecule has 0 atom stereocenters. The summed E-state index contributed by atoms with van der Waals surface area (Å²) >= 11 is 1.58. The smallest absolute Gasteiger partial charge is 0.303 e. The third-order valence-electron chi connectivity index (χ3n) is 5.75. The lowest BCUT2D eigenvalue weighted by Crippen LogP contribution is -2.11. The Morgan fingerprint density at radius 2 is 1.06 bits per heavy atom. The molecule has 0 aliphatic carbocycles. The molecule has 0 saturated carbocycles. The van der Waals surface area contributed by atoms with E-state index < -0.39 is 11.9 Å². The van der Waals surface area contributed by atoms with E-state index in [0.29, 0.717) is 25.0 Å². The highest BCUT2D eigenvalue weighted by Crippen LogP contribution is 2.28. The maximum atomic E-state index is 12.3. The first-order valence-corrected chi connectivity index (χ1v) is 13.9. The zero-order chi connectivity index (χ0) is 24.9. The lowest BCUT2D eigenvalue weighted by molar-refractivity contribution is -0.138. The van der Waals surface area contributed by atoms with Gasteiger partial charge in [-0.15, -0.1) is 11.8 Å². The number of para-hydroxylation sites is 1. The summed E-state index contributed by atoms with van der Waals surface area (Å²) in [6.45, 7) is 0. The standard InChI is InChI=1S/C27H43NO5S/c29-25(28-23-17-14-15-18-24(23)34-22-16-21-27(32)33)19-12-10-8-6-4-2-1-3-5-7-9-11-13-20-26(30)31/h14-15,17-18H,1-13,16,19-22H2,(H,28,29)(H,30,31)(H,32,33). The van der Waals surface area contributed by atoms with Crippen molar-refractivity contribution in [2.24, 2.45) is 0 Å². The summed E-state index contributed by atoms with van der Waals surface area (Å²) in [5, 5.41) is 20.4. The average Bonchev–Trinajstić information content (AvgIpc) is 2.80. The first-order valence-electron chi connectivity index (χ1n) is 12.9. The van der Waals surface area contributed by atoms with Crippen LogP contribution in [0.5, 0.6) is 0 Å². The quantitative estimate of drug-likeness (QED) is 0.114. The molecule has 1 aromatic carbocycles. The lowest BCUT2D eigenvalue weighted by Gasteiger charge is -2.10. The predicted molar refractivity (Wildman–Crippen MR) is 140 cm³/mol. The van der Waals surface area contributed by atoms with Crippen LogP contribution in [0.2, 0.25) is 0 Å². The van der Waals surface area contributed by atoms with Gasteiger partial charge in [0.1, 0.15) is 0 Å². The van der Waals surface area contributed by atoms with Crippen LogP contribution in [-0.4, -0.2) is 33.8 Å². The summed E-state index contributed by atoms with van der Waals surface area (Å²) in [7, 11) is 0. The Bertz CT molecular complexity index is 710. The van der Waals surface area contributed by atoms with Crippen LogP contribution in [0.3, 0.4) is 0 Å². The van der Waals surface area contributed by atoms with Gasteiger partial charge in [-0.1, -0.05) is 82.8 Å². The molecule has 0 aliphatic rings. The number of aliphatic carboxylic acids is 2. The lowest BCUT2D eigenvalue weighted by atomic mass is 10.0. The molecule has 0 bridgehead atoms. The van der Waals surface area contributed by atoms with Crippen molar-refractivity contribution in [1.29, 1.82) is 0 Å². The normalized spacial score (nSPS) is 10.8. The molecular formula is C27H43NO5S. The van der Waals surface area contributed by atoms with Crippen LogP contribution in [0.25, 0.3) is 0 Å². The Hall–Kier alpha value is -2.02. The summed E-state index contributed by atoms with van der Waals surface area (Å²) in [6.07, 6.45) is 16.6. The highest BCUT2D eigenvalue weighted by Gasteiger charge is 2.07. The Morgan fingerprint density at radius 1 is 0.618 bits per heavy atom. The molecule has 0 fully saturated rings. The third-order valence-corrected chi connectivity index (χ3v) is 6.91. The van der Waals surface area contributed by atoms with Crippen LogP contribution in [0.4, 0.5) is 5.69 Å². The van der Waals surface area contributed by atoms with Gasteiger partial charge < -0.3 is 15.5 Å². The summed E-state index contributed by atoms with van der Waals surface area (Å²) in [5.41, 5.74) is 0.813. The Labute approximate surface area is 209 Å². The molecule has 0 spiro atoms. The number of carbonyl (C=O) groups excluding carboxylic acids is 1. The van der Waals surface area contributed by atoms with E-state index in [0.717, 1.165) is 42.7 Å². The topological polar surface area (TPSA) is 104 Å². The molecule has 1 rings (SSSR count). The molecule has 1 aromatic rings. The number of rotatable bonds is 22. The van der Waals surface area contributed by atoms with Gasteiger partial charge in [0.05, 0.1) is 5.69 Å². The van der Waals surface area contributed by atoms with Crippen LogP contribution < -0.4 is 5.32 Å². The number of thioether (sulfide) groups is 1. The molecule has 0 unspecified atom stereocenters. The molecule has 3 N–H and O–H groups in total. The number of anilines is 1. The highest BCUT2D eigenvalue weighted by atomic mass is 32.2. The van der Waals surface area contributed by atoms with Crippen molar-refractivity contribution < 1.29 is 24.6 Å². The van der Waals surface area contributed by atoms with Crippen molar-refractivity contribution in [3.63, 3.8) is 0 Å². The van der Waals surface area contributed by atoms with E-state index in [1.54, 1.807) is 11.8 Å². The molecule has 6 nitrogen and oxygen atoms in total. The first-order chi connectivity index (χ1) is 16.5. The molecule has 0 aliphatic heterocycles. The number of carbonyl (C=O) groups is 3. The Morgan fingerprint density at radius 3 is 1.59 bits per heavy atom. The number of carboxylic acid groups (broad SMARTS) is 2. The molecule has 0 aromatic heterocycles. The second-order valence-corrected chi connectivity index (χ2v) is 10.0. The third kappa shape index (κ3) is 17.5. The van der Waals surface area contributed by atoms with Crippen LogP contribution in [0.1, 0.15) is 109 Å². The van der Waals surface area contributed by atoms with Crippen LogP contribution in [-0.2, 0) is 14.4 Å². The number of benzene rings is 1. The van der Waals surface area contributed by atoms with Gasteiger partial charge in [0, 0.05) is 24.2 Å². The number of nitrogens with one attached hydrogen (secondary N) is 1. The monoisotopic (exact) mass is 493 g/mol. The first kappa shape index (κ1) is 30.0. The average molecular weight is 494 g/mol. The van der Waals surface area contributed by atoms with E-state index in [4.69, 9.17) is 10.2 Å². The van der Waals surface area contributed by atoms with E-state index in [1.165, 1.54) is 51.4 Å². The number of hydrogen-bond acceptors (Lipinski definition) is 4. The minimum Gasteiger partial charge on any atom is -0.481 e. The Kier molecular flexibility index (Phi) is 18.0. The molecule has 7 heteroatoms. The zero-order valence-electron chi connectivity index (χ0n) is 20.6. The maximum Gasteiger partial charge on any atom is 0.303 e. The minimum atomic E-state index is -0.777. The van der Waals surface area contributed by atoms with Crippen molar-refractivity contribution in [3.8, 4) is 0 Å². The summed E-state index contributed by atoms with van der Waals surface area (Å²) in [6, 6.07) is 7.69. The number of carboxylic acids is 2. The van der Waals surface area contributed by atoms with E-state index in [2.05, 4.69) is 5.32 Å². The van der Waals surface area contributed by atoms with Crippen molar-refractivity contribution in [1.82, 2.24) is 0 Å². The van der Waals surface area contributed by atoms with E-state index in [-0.39, 0.29) is 12.3 Å². The van der Waals surface area contributed by atoms with Crippen LogP contribution in [0, 0.1) is 0 Å². The van der Waals surface area contributed by atoms with Gasteiger partial charge >= 0.3 is 11.9 Å². The fourth-order valence-corrected chi connectivity index (χ4v) is 4.78. The van der Waals surface area contributed by atoms with Crippen molar-refractivity contribution >= 4 is 35.3 Å². The van der Waals surface area contributed by atoms with Gasteiger partial charge in [-0.25, -0.2) is 0 Å². The summed E-state index contributed by atoms with van der Waals surface area (Å²) in [4.78, 5) is 34.4. The zero-order valence-corrected chi connectivity index (χ0v) is 21.4. The number of amides is 1. The molecular weight excluding hydrogens is 450 g/mol. The summed E-state index contributed by atoms with van der Waals surface area (Å²) in [5.74, 6) is -0.707. The molecule has 0 radical (unpaired) electrons. The van der Waals surface area contributed by atoms with Crippen molar-refractivity contribution in [2.75, 3.05) is 11.1 Å². The van der Waals surface area contributed by atoms with Crippen LogP contribution in [0.15, 0.2) is 29.2 Å². The van der Waals surface area contributed by atoms with Gasteiger partial charge in [0.2, 0.25) is 5.91 Å². The molecule has 192 valence electrons. The molecule has 1 amide bonds. The van der Waals surface area contributed by atoms with Gasteiger partial charge in [-0.2, -0.15) is 0 Å². The second kappa shape index (κ2) is 20.4. The van der Waals surface area contributed by atoms with E-state index in [9.17, 15) is 14.4 Å². The van der Waals surface area contributed by atoms with Crippen molar-refractivity contribution in [3.05, 3.63) is 24.3 Å². The second-order valence-electron chi connectivity index (χ2n) is 8.88. The highest BCUT2D eigenvalue weighted by molar-refractivity contribution is 7.99. The van der Waals surface area contributed by atoms with Crippen molar-refractivity contribution in [2.45, 2.75) is 114 Å². The van der Waals surface area contributed by atoms with Crippen LogP contribution >= 0.6 is 11.8 Å². The van der Waals surface area contributed by atoms with Gasteiger partial charge in [-0.05, 0) is 37.1 Å². The number of hydrogen-bond donors (Lipinski definition) is 3. The van der Waals surface area contributed by atoms with E-state index in [1.807, 2.05) is 24.3 Å². The predicted octanol–water partition coefficient (Wildman–Crippen LogP) is 7.52. The SMILES string of the molecule is O=C(O)CCCCCCCCCCCCCCCC(=O)Nc1ccccc1SCCCC(=O)O. The Balaban J connectivity index is 1.98. The largest absolute Gasteiger partial charge is 0.481 e. The number of unbranched alkanes of at least 4 members (excludes halogenated alkanes) is 12. The summed E-state index contributed by atoms with van der Waals surface area (Å²) < 4.78 is 0. The molecule has 0 heterocycles. The fraction of sp³-hybridized carbons (Fsp3) is 0.667.